The molecule has 2 aromatic heterocycles. The van der Waals surface area contributed by atoms with Gasteiger partial charge in [-0.15, -0.1) is 0 Å². The van der Waals surface area contributed by atoms with E-state index in [1.165, 1.54) is 0 Å². The van der Waals surface area contributed by atoms with Crippen molar-refractivity contribution in [3.8, 4) is 0 Å². The molecule has 3 fully saturated rings. The minimum atomic E-state index is -1.08. The summed E-state index contributed by atoms with van der Waals surface area (Å²) in [6.07, 6.45) is 2.50. The molecule has 11 heteroatoms. The summed E-state index contributed by atoms with van der Waals surface area (Å²) >= 11 is 0. The van der Waals surface area contributed by atoms with Gasteiger partial charge in [0.05, 0.1) is 42.5 Å². The number of aromatic nitrogens is 3. The third-order valence-electron chi connectivity index (χ3n) is 6.75. The summed E-state index contributed by atoms with van der Waals surface area (Å²) in [5, 5.41) is 15.4. The largest absolute Gasteiger partial charge is 0.382 e. The van der Waals surface area contributed by atoms with Crippen LogP contribution in [0.25, 0.3) is 0 Å². The maximum absolute atomic E-state index is 14.4. The number of nitrogens with zero attached hydrogens (tertiary/aromatic N) is 5. The molecule has 0 bridgehead atoms. The molecule has 2 atom stereocenters. The number of nitrogens with one attached hydrogen (secondary N) is 3. The molecule has 10 nitrogen and oxygen atoms in total. The molecule has 5 heterocycles. The van der Waals surface area contributed by atoms with Gasteiger partial charge in [-0.2, -0.15) is 4.98 Å². The van der Waals surface area contributed by atoms with Crippen LogP contribution >= 0.6 is 0 Å². The highest BCUT2D eigenvalue weighted by molar-refractivity contribution is 6.02. The van der Waals surface area contributed by atoms with E-state index < -0.39 is 6.17 Å². The maximum atomic E-state index is 14.4. The smallest absolute Gasteiger partial charge is 0.227 e. The number of alkyl halides is 1. The topological polar surface area (TPSA) is 112 Å². The zero-order valence-electron chi connectivity index (χ0n) is 20.4. The molecule has 2 aromatic rings. The highest BCUT2D eigenvalue weighted by atomic mass is 19.1. The Morgan fingerprint density at radius 2 is 2.09 bits per heavy atom. The Hall–Kier alpha value is -3.05. The standard InChI is InChI=1S/C24H33FN8O2/c1-15(2)29-18-8-21(28-9-16(18)22(26)33-11-24(12-33)13-35-14-24)30-20-4-6-27-23(31-20)32-7-5-19(34-3)17(25)10-32/h4,6,8-9,15,17,19,26H,5,7,10-14H2,1-3H3,(H2,27,28,29,30,31)/t17-,19+/m1/s1. The first-order chi connectivity index (χ1) is 16.9. The van der Waals surface area contributed by atoms with Gasteiger partial charge in [-0.1, -0.05) is 0 Å². The molecule has 0 unspecified atom stereocenters. The van der Waals surface area contributed by atoms with Gasteiger partial charge in [0.1, 0.15) is 23.6 Å². The van der Waals surface area contributed by atoms with Crippen molar-refractivity contribution >= 4 is 29.1 Å². The number of hydrogen-bond donors (Lipinski definition) is 3. The van der Waals surface area contributed by atoms with Crippen LogP contribution in [0.1, 0.15) is 25.8 Å². The molecule has 3 N–H and O–H groups in total. The van der Waals surface area contributed by atoms with Gasteiger partial charge in [0.25, 0.3) is 0 Å². The lowest BCUT2D eigenvalue weighted by Crippen LogP contribution is -2.67. The number of hydrogen-bond acceptors (Lipinski definition) is 9. The van der Waals surface area contributed by atoms with Crippen LogP contribution in [-0.4, -0.2) is 90.5 Å². The number of ether oxygens (including phenoxy) is 2. The van der Waals surface area contributed by atoms with Crippen LogP contribution in [0.5, 0.6) is 0 Å². The van der Waals surface area contributed by atoms with E-state index in [-0.39, 0.29) is 24.1 Å². The lowest BCUT2D eigenvalue weighted by molar-refractivity contribution is -0.171. The molecular formula is C24H33FN8O2. The van der Waals surface area contributed by atoms with Gasteiger partial charge in [-0.3, -0.25) is 5.41 Å². The third kappa shape index (κ3) is 4.87. The van der Waals surface area contributed by atoms with Crippen LogP contribution in [0, 0.1) is 10.8 Å². The second-order valence-corrected chi connectivity index (χ2v) is 10.0. The molecule has 3 aliphatic heterocycles. The Labute approximate surface area is 204 Å². The number of pyridine rings is 1. The molecule has 0 amide bonds. The van der Waals surface area contributed by atoms with Crippen molar-refractivity contribution < 1.29 is 13.9 Å². The predicted octanol–water partition coefficient (Wildman–Crippen LogP) is 2.66. The number of anilines is 4. The van der Waals surface area contributed by atoms with Gasteiger partial charge in [-0.05, 0) is 26.3 Å². The average Bonchev–Trinajstić information content (AvgIpc) is 2.77. The molecular weight excluding hydrogens is 451 g/mol. The summed E-state index contributed by atoms with van der Waals surface area (Å²) in [4.78, 5) is 17.4. The maximum Gasteiger partial charge on any atom is 0.227 e. The Kier molecular flexibility index (Phi) is 6.45. The van der Waals surface area contributed by atoms with Gasteiger partial charge in [0.2, 0.25) is 5.95 Å². The van der Waals surface area contributed by atoms with Crippen molar-refractivity contribution in [2.75, 3.05) is 62.0 Å². The summed E-state index contributed by atoms with van der Waals surface area (Å²) in [6, 6.07) is 3.84. The Bertz CT molecular complexity index is 1070. The SMILES string of the molecule is CO[C@H]1CCN(c2nccc(Nc3cc(NC(C)C)c(C(=N)N4CC5(COC5)C4)cn3)n2)C[C@H]1F. The minimum Gasteiger partial charge on any atom is -0.382 e. The lowest BCUT2D eigenvalue weighted by atomic mass is 9.77. The number of halogens is 1. The van der Waals surface area contributed by atoms with E-state index >= 15 is 0 Å². The fraction of sp³-hybridized carbons (Fsp3) is 0.583. The van der Waals surface area contributed by atoms with Crippen LogP contribution in [0.15, 0.2) is 24.5 Å². The van der Waals surface area contributed by atoms with Crippen molar-refractivity contribution in [1.29, 1.82) is 5.41 Å². The van der Waals surface area contributed by atoms with Crippen molar-refractivity contribution in [3.05, 3.63) is 30.1 Å². The number of methoxy groups -OCH3 is 1. The van der Waals surface area contributed by atoms with E-state index in [9.17, 15) is 4.39 Å². The van der Waals surface area contributed by atoms with E-state index in [0.717, 1.165) is 37.6 Å². The van der Waals surface area contributed by atoms with E-state index in [0.29, 0.717) is 36.4 Å². The lowest BCUT2D eigenvalue weighted by Gasteiger charge is -2.55. The number of amidine groups is 1. The monoisotopic (exact) mass is 484 g/mol. The van der Waals surface area contributed by atoms with E-state index in [1.807, 2.05) is 11.0 Å². The Balaban J connectivity index is 1.30. The Morgan fingerprint density at radius 1 is 1.29 bits per heavy atom. The molecule has 5 rings (SSSR count). The summed E-state index contributed by atoms with van der Waals surface area (Å²) in [7, 11) is 1.54. The van der Waals surface area contributed by atoms with Crippen molar-refractivity contribution in [3.63, 3.8) is 0 Å². The van der Waals surface area contributed by atoms with E-state index in [4.69, 9.17) is 14.9 Å². The first-order valence-electron chi connectivity index (χ1n) is 12.1. The molecule has 0 aliphatic carbocycles. The van der Waals surface area contributed by atoms with Crippen LogP contribution < -0.4 is 15.5 Å². The van der Waals surface area contributed by atoms with Gasteiger partial charge >= 0.3 is 0 Å². The first-order valence-corrected chi connectivity index (χ1v) is 12.1. The van der Waals surface area contributed by atoms with Gasteiger partial charge in [0, 0.05) is 51.2 Å². The zero-order valence-corrected chi connectivity index (χ0v) is 20.4. The number of piperidine rings is 1. The van der Waals surface area contributed by atoms with Crippen LogP contribution in [0.2, 0.25) is 0 Å². The predicted molar refractivity (Wildman–Crippen MR) is 132 cm³/mol. The molecule has 0 aromatic carbocycles. The summed E-state index contributed by atoms with van der Waals surface area (Å²) in [5.41, 5.74) is 1.83. The summed E-state index contributed by atoms with van der Waals surface area (Å²) < 4.78 is 24.9. The normalized spacial score (nSPS) is 23.1. The minimum absolute atomic E-state index is 0.189. The molecule has 0 radical (unpaired) electrons. The van der Waals surface area contributed by atoms with E-state index in [1.54, 1.807) is 25.6 Å². The molecule has 3 saturated heterocycles. The zero-order chi connectivity index (χ0) is 24.6. The number of rotatable bonds is 7. The second kappa shape index (κ2) is 9.54. The fourth-order valence-electron chi connectivity index (χ4n) is 4.84. The highest BCUT2D eigenvalue weighted by Crippen LogP contribution is 2.39. The number of likely N-dealkylation sites (tertiary alicyclic amines) is 1. The Morgan fingerprint density at radius 3 is 2.74 bits per heavy atom. The molecule has 1 spiro atoms. The van der Waals surface area contributed by atoms with Crippen molar-refractivity contribution in [2.45, 2.75) is 38.6 Å². The van der Waals surface area contributed by atoms with Gasteiger partial charge < -0.3 is 29.9 Å². The van der Waals surface area contributed by atoms with Crippen molar-refractivity contribution in [1.82, 2.24) is 19.9 Å². The quantitative estimate of drug-likeness (QED) is 0.403. The van der Waals surface area contributed by atoms with Crippen molar-refractivity contribution in [2.24, 2.45) is 5.41 Å². The molecule has 188 valence electrons. The first kappa shape index (κ1) is 23.7. The van der Waals surface area contributed by atoms with Crippen LogP contribution in [-0.2, 0) is 9.47 Å². The fourth-order valence-corrected chi connectivity index (χ4v) is 4.84. The van der Waals surface area contributed by atoms with Crippen LogP contribution in [0.3, 0.4) is 0 Å². The average molecular weight is 485 g/mol. The highest BCUT2D eigenvalue weighted by Gasteiger charge is 2.50. The molecule has 35 heavy (non-hydrogen) atoms. The van der Waals surface area contributed by atoms with Crippen LogP contribution in [0.4, 0.5) is 27.7 Å². The summed E-state index contributed by atoms with van der Waals surface area (Å²) in [5.74, 6) is 2.11. The summed E-state index contributed by atoms with van der Waals surface area (Å²) in [6.45, 7) is 8.21. The second-order valence-electron chi connectivity index (χ2n) is 10.0. The van der Waals surface area contributed by atoms with E-state index in [2.05, 4.69) is 44.3 Å². The third-order valence-corrected chi connectivity index (χ3v) is 6.75. The van der Waals surface area contributed by atoms with Gasteiger partial charge in [0.15, 0.2) is 0 Å². The molecule has 0 saturated carbocycles. The molecule has 3 aliphatic rings. The van der Waals surface area contributed by atoms with Gasteiger partial charge in [-0.25, -0.2) is 14.4 Å².